The molecule has 2 aliphatic heterocycles. The van der Waals surface area contributed by atoms with Gasteiger partial charge in [0.25, 0.3) is 5.91 Å². The summed E-state index contributed by atoms with van der Waals surface area (Å²) in [4.78, 5) is 30.6. The highest BCUT2D eigenvalue weighted by Gasteiger charge is 2.31. The van der Waals surface area contributed by atoms with E-state index in [1.807, 2.05) is 9.80 Å². The fourth-order valence-electron chi connectivity index (χ4n) is 3.70. The first-order chi connectivity index (χ1) is 13.3. The smallest absolute Gasteiger partial charge is 0.342 e. The summed E-state index contributed by atoms with van der Waals surface area (Å²) in [5, 5.41) is 0. The lowest BCUT2D eigenvalue weighted by molar-refractivity contribution is -0.137. The van der Waals surface area contributed by atoms with Crippen LogP contribution in [0.15, 0.2) is 24.3 Å². The maximum atomic E-state index is 12.6. The maximum Gasteiger partial charge on any atom is 0.416 e. The van der Waals surface area contributed by atoms with Crippen LogP contribution in [0.25, 0.3) is 0 Å². The number of carbonyl (C=O) groups is 2. The lowest BCUT2D eigenvalue weighted by Crippen LogP contribution is -2.51. The molecule has 2 aliphatic rings. The van der Waals surface area contributed by atoms with E-state index < -0.39 is 11.7 Å². The van der Waals surface area contributed by atoms with Gasteiger partial charge in [-0.25, -0.2) is 0 Å². The highest BCUT2D eigenvalue weighted by atomic mass is 19.4. The molecule has 2 amide bonds. The van der Waals surface area contributed by atoms with Crippen LogP contribution in [0, 0.1) is 0 Å². The van der Waals surface area contributed by atoms with Gasteiger partial charge < -0.3 is 9.80 Å². The van der Waals surface area contributed by atoms with Crippen LogP contribution in [0.1, 0.15) is 41.6 Å². The predicted molar refractivity (Wildman–Crippen MR) is 98.8 cm³/mol. The number of likely N-dealkylation sites (tertiary alicyclic amines) is 1. The minimum atomic E-state index is -4.41. The van der Waals surface area contributed by atoms with E-state index in [4.69, 9.17) is 0 Å². The summed E-state index contributed by atoms with van der Waals surface area (Å²) in [6.45, 7) is 4.12. The molecule has 0 bridgehead atoms. The number of rotatable bonds is 3. The second kappa shape index (κ2) is 8.94. The van der Waals surface area contributed by atoms with Gasteiger partial charge in [-0.1, -0.05) is 12.8 Å². The van der Waals surface area contributed by atoms with Crippen LogP contribution in [0.4, 0.5) is 13.2 Å². The van der Waals surface area contributed by atoms with Crippen molar-refractivity contribution in [2.45, 2.75) is 31.9 Å². The van der Waals surface area contributed by atoms with Crippen molar-refractivity contribution in [3.05, 3.63) is 35.4 Å². The minimum Gasteiger partial charge on any atom is -0.342 e. The van der Waals surface area contributed by atoms with Crippen LogP contribution in [-0.4, -0.2) is 72.3 Å². The van der Waals surface area contributed by atoms with Crippen LogP contribution in [0.2, 0.25) is 0 Å². The Morgan fingerprint density at radius 1 is 0.786 bits per heavy atom. The molecule has 28 heavy (non-hydrogen) atoms. The van der Waals surface area contributed by atoms with Crippen LogP contribution in [0.3, 0.4) is 0 Å². The normalized spacial score (nSPS) is 19.4. The Hall–Kier alpha value is -2.09. The molecule has 154 valence electrons. The van der Waals surface area contributed by atoms with Crippen molar-refractivity contribution in [1.82, 2.24) is 14.7 Å². The Balaban J connectivity index is 1.49. The van der Waals surface area contributed by atoms with E-state index >= 15 is 0 Å². The number of alkyl halides is 3. The molecule has 0 N–H and O–H groups in total. The molecule has 2 heterocycles. The Bertz CT molecular complexity index is 675. The first-order valence-electron chi connectivity index (χ1n) is 9.81. The number of piperazine rings is 1. The predicted octanol–water partition coefficient (Wildman–Crippen LogP) is 2.87. The molecule has 1 aromatic rings. The van der Waals surface area contributed by atoms with E-state index in [2.05, 4.69) is 0 Å². The maximum absolute atomic E-state index is 12.6. The molecule has 0 saturated carbocycles. The molecule has 1 aromatic carbocycles. The lowest BCUT2D eigenvalue weighted by Gasteiger charge is -2.35. The number of hydrogen-bond donors (Lipinski definition) is 0. The van der Waals surface area contributed by atoms with Gasteiger partial charge in [-0.05, 0) is 37.1 Å². The zero-order valence-electron chi connectivity index (χ0n) is 15.9. The van der Waals surface area contributed by atoms with Gasteiger partial charge in [0.1, 0.15) is 0 Å². The largest absolute Gasteiger partial charge is 0.416 e. The molecular formula is C20H26F3N3O2. The summed E-state index contributed by atoms with van der Waals surface area (Å²) in [7, 11) is 0. The van der Waals surface area contributed by atoms with Gasteiger partial charge in [-0.3, -0.25) is 14.5 Å². The standard InChI is InChI=1S/C20H26F3N3O2/c21-20(22,23)17-7-5-16(6-8-17)19(28)26-13-11-24(12-14-26)15-18(27)25-9-3-1-2-4-10-25/h5-8H,1-4,9-15H2. The second-order valence-electron chi connectivity index (χ2n) is 7.44. The number of nitrogens with zero attached hydrogens (tertiary/aromatic N) is 3. The van der Waals surface area contributed by atoms with Gasteiger partial charge >= 0.3 is 6.18 Å². The molecule has 0 radical (unpaired) electrons. The third kappa shape index (κ3) is 5.25. The summed E-state index contributed by atoms with van der Waals surface area (Å²) in [6, 6.07) is 4.31. The fraction of sp³-hybridized carbons (Fsp3) is 0.600. The van der Waals surface area contributed by atoms with Crippen LogP contribution < -0.4 is 0 Å². The van der Waals surface area contributed by atoms with Crippen molar-refractivity contribution >= 4 is 11.8 Å². The quantitative estimate of drug-likeness (QED) is 0.788. The second-order valence-corrected chi connectivity index (χ2v) is 7.44. The van der Waals surface area contributed by atoms with E-state index in [0.717, 1.165) is 38.1 Å². The monoisotopic (exact) mass is 397 g/mol. The first kappa shape index (κ1) is 20.6. The third-order valence-corrected chi connectivity index (χ3v) is 5.44. The molecule has 0 spiro atoms. The van der Waals surface area contributed by atoms with Gasteiger partial charge in [0.2, 0.25) is 5.91 Å². The number of amides is 2. The zero-order valence-corrected chi connectivity index (χ0v) is 15.9. The summed E-state index contributed by atoms with van der Waals surface area (Å²) in [5.41, 5.74) is -0.511. The number of hydrogen-bond acceptors (Lipinski definition) is 3. The summed E-state index contributed by atoms with van der Waals surface area (Å²) >= 11 is 0. The van der Waals surface area contributed by atoms with Crippen LogP contribution in [0.5, 0.6) is 0 Å². The van der Waals surface area contributed by atoms with Crippen molar-refractivity contribution in [1.29, 1.82) is 0 Å². The summed E-state index contributed by atoms with van der Waals surface area (Å²) < 4.78 is 37.9. The molecule has 0 atom stereocenters. The average Bonchev–Trinajstić information content (AvgIpc) is 2.97. The van der Waals surface area contributed by atoms with Gasteiger partial charge in [0, 0.05) is 44.8 Å². The van der Waals surface area contributed by atoms with Gasteiger partial charge in [-0.15, -0.1) is 0 Å². The molecule has 2 saturated heterocycles. The molecule has 0 unspecified atom stereocenters. The van der Waals surface area contributed by atoms with Gasteiger partial charge in [0.05, 0.1) is 12.1 Å². The van der Waals surface area contributed by atoms with E-state index in [0.29, 0.717) is 32.7 Å². The number of benzene rings is 1. The van der Waals surface area contributed by atoms with Crippen molar-refractivity contribution in [3.8, 4) is 0 Å². The SMILES string of the molecule is O=C(CN1CCN(C(=O)c2ccc(C(F)(F)F)cc2)CC1)N1CCCCCC1. The number of halogens is 3. The highest BCUT2D eigenvalue weighted by molar-refractivity contribution is 5.94. The van der Waals surface area contributed by atoms with Crippen LogP contribution >= 0.6 is 0 Å². The minimum absolute atomic E-state index is 0.143. The Morgan fingerprint density at radius 3 is 1.89 bits per heavy atom. The molecule has 0 aliphatic carbocycles. The lowest BCUT2D eigenvalue weighted by atomic mass is 10.1. The Labute approximate surface area is 163 Å². The van der Waals surface area contributed by atoms with Gasteiger partial charge in [0.15, 0.2) is 0 Å². The van der Waals surface area contributed by atoms with Crippen molar-refractivity contribution in [2.75, 3.05) is 45.8 Å². The summed E-state index contributed by atoms with van der Waals surface area (Å²) in [6.07, 6.45) is 0.0540. The van der Waals surface area contributed by atoms with E-state index in [1.54, 1.807) is 4.90 Å². The van der Waals surface area contributed by atoms with Gasteiger partial charge in [-0.2, -0.15) is 13.2 Å². The molecule has 2 fully saturated rings. The Morgan fingerprint density at radius 2 is 1.36 bits per heavy atom. The van der Waals surface area contributed by atoms with Crippen molar-refractivity contribution < 1.29 is 22.8 Å². The first-order valence-corrected chi connectivity index (χ1v) is 9.81. The molecule has 8 heteroatoms. The molecule has 3 rings (SSSR count). The number of carbonyl (C=O) groups excluding carboxylic acids is 2. The zero-order chi connectivity index (χ0) is 20.1. The fourth-order valence-corrected chi connectivity index (χ4v) is 3.70. The van der Waals surface area contributed by atoms with E-state index in [-0.39, 0.29) is 17.4 Å². The topological polar surface area (TPSA) is 43.9 Å². The van der Waals surface area contributed by atoms with Crippen molar-refractivity contribution in [3.63, 3.8) is 0 Å². The molecule has 5 nitrogen and oxygen atoms in total. The Kier molecular flexibility index (Phi) is 6.59. The molecule has 0 aromatic heterocycles. The van der Waals surface area contributed by atoms with E-state index in [9.17, 15) is 22.8 Å². The van der Waals surface area contributed by atoms with Crippen molar-refractivity contribution in [2.24, 2.45) is 0 Å². The highest BCUT2D eigenvalue weighted by Crippen LogP contribution is 2.29. The van der Waals surface area contributed by atoms with Crippen LogP contribution in [-0.2, 0) is 11.0 Å². The summed E-state index contributed by atoms with van der Waals surface area (Å²) in [5.74, 6) is -0.128. The van der Waals surface area contributed by atoms with E-state index in [1.165, 1.54) is 25.0 Å². The average molecular weight is 397 g/mol. The third-order valence-electron chi connectivity index (χ3n) is 5.44. The molecular weight excluding hydrogens is 371 g/mol.